The summed E-state index contributed by atoms with van der Waals surface area (Å²) in [7, 11) is 1.74. The lowest BCUT2D eigenvalue weighted by atomic mass is 10.1. The van der Waals surface area contributed by atoms with Gasteiger partial charge in [-0.1, -0.05) is 6.92 Å². The molecule has 136 valence electrons. The summed E-state index contributed by atoms with van der Waals surface area (Å²) >= 11 is 0. The molecule has 1 aromatic rings. The van der Waals surface area contributed by atoms with Gasteiger partial charge in [0.1, 0.15) is 11.9 Å². The molecule has 0 bridgehead atoms. The zero-order valence-corrected chi connectivity index (χ0v) is 15.0. The predicted octanol–water partition coefficient (Wildman–Crippen LogP) is 3.80. The van der Waals surface area contributed by atoms with Crippen molar-refractivity contribution in [2.45, 2.75) is 46.6 Å². The molecule has 0 aliphatic carbocycles. The fraction of sp³-hybridized carbons (Fsp3) is 0.647. The molecule has 1 atom stereocenters. The zero-order valence-electron chi connectivity index (χ0n) is 15.0. The first-order chi connectivity index (χ1) is 11.3. The minimum atomic E-state index is -2.73. The summed E-state index contributed by atoms with van der Waals surface area (Å²) in [5.74, 6) is 0.0704. The lowest BCUT2D eigenvalue weighted by Gasteiger charge is -2.22. The summed E-state index contributed by atoms with van der Waals surface area (Å²) in [4.78, 5) is 5.84. The average molecular weight is 343 g/mol. The quantitative estimate of drug-likeness (QED) is 0.421. The third-order valence-electron chi connectivity index (χ3n) is 3.57. The fourth-order valence-electron chi connectivity index (χ4n) is 2.07. The second kappa shape index (κ2) is 9.52. The van der Waals surface area contributed by atoms with Crippen LogP contribution >= 0.6 is 0 Å². The number of pyridine rings is 1. The molecule has 7 heteroatoms. The number of aromatic nitrogens is 1. The Morgan fingerprint density at radius 1 is 1.38 bits per heavy atom. The number of halogens is 2. The van der Waals surface area contributed by atoms with Crippen molar-refractivity contribution in [3.63, 3.8) is 0 Å². The van der Waals surface area contributed by atoms with Crippen molar-refractivity contribution in [2.24, 2.45) is 0 Å². The molecule has 1 aromatic heterocycles. The number of rotatable bonds is 9. The zero-order chi connectivity index (χ0) is 18.3. The first-order valence-corrected chi connectivity index (χ1v) is 8.15. The number of alkyl halides is 2. The van der Waals surface area contributed by atoms with Gasteiger partial charge in [-0.25, -0.2) is 13.8 Å². The van der Waals surface area contributed by atoms with Crippen molar-refractivity contribution in [1.29, 1.82) is 5.41 Å². The van der Waals surface area contributed by atoms with Crippen LogP contribution in [0.25, 0.3) is 0 Å². The Morgan fingerprint density at radius 2 is 2.04 bits per heavy atom. The number of nitrogens with one attached hydrogen (secondary N) is 1. The third-order valence-corrected chi connectivity index (χ3v) is 3.57. The van der Waals surface area contributed by atoms with Crippen LogP contribution in [0, 0.1) is 12.3 Å². The summed E-state index contributed by atoms with van der Waals surface area (Å²) in [6, 6.07) is 1.30. The molecule has 0 saturated carbocycles. The van der Waals surface area contributed by atoms with Gasteiger partial charge >= 0.3 is 0 Å². The van der Waals surface area contributed by atoms with Crippen molar-refractivity contribution in [2.75, 3.05) is 26.8 Å². The van der Waals surface area contributed by atoms with Gasteiger partial charge in [-0.3, -0.25) is 5.41 Å². The van der Waals surface area contributed by atoms with Crippen LogP contribution in [0.15, 0.2) is 6.07 Å². The summed E-state index contributed by atoms with van der Waals surface area (Å²) in [5, 5.41) is 8.12. The van der Waals surface area contributed by atoms with E-state index in [2.05, 4.69) is 4.98 Å². The van der Waals surface area contributed by atoms with E-state index in [4.69, 9.17) is 14.9 Å². The van der Waals surface area contributed by atoms with Crippen LogP contribution in [0.5, 0.6) is 5.88 Å². The van der Waals surface area contributed by atoms with Crippen LogP contribution in [0.3, 0.4) is 0 Å². The third kappa shape index (κ3) is 5.40. The van der Waals surface area contributed by atoms with Gasteiger partial charge in [0.2, 0.25) is 5.88 Å². The highest BCUT2D eigenvalue weighted by atomic mass is 19.3. The highest BCUT2D eigenvalue weighted by Crippen LogP contribution is 2.30. The molecule has 1 N–H and O–H groups in total. The molecule has 24 heavy (non-hydrogen) atoms. The van der Waals surface area contributed by atoms with Gasteiger partial charge in [0, 0.05) is 25.8 Å². The number of hydrogen-bond donors (Lipinski definition) is 1. The van der Waals surface area contributed by atoms with E-state index in [0.29, 0.717) is 31.0 Å². The standard InChI is InChI=1S/C17H27F2N3O2/c1-6-8-23-10-11(3)24-17-14(15(18)19)9-13(12(4)21-17)16(20)22(5)7-2/h9,11,15,20H,6-8,10H2,1-5H3. The van der Waals surface area contributed by atoms with E-state index in [1.165, 1.54) is 6.07 Å². The Hall–Kier alpha value is -1.76. The van der Waals surface area contributed by atoms with Crippen LogP contribution in [0.1, 0.15) is 50.4 Å². The molecule has 0 amide bonds. The van der Waals surface area contributed by atoms with Crippen LogP contribution < -0.4 is 4.74 Å². The molecule has 1 rings (SSSR count). The van der Waals surface area contributed by atoms with Crippen molar-refractivity contribution in [3.8, 4) is 5.88 Å². The first-order valence-electron chi connectivity index (χ1n) is 8.15. The number of aryl methyl sites for hydroxylation is 1. The van der Waals surface area contributed by atoms with Crippen molar-refractivity contribution in [1.82, 2.24) is 9.88 Å². The van der Waals surface area contributed by atoms with Gasteiger partial charge in [0.05, 0.1) is 17.9 Å². The van der Waals surface area contributed by atoms with Crippen LogP contribution in [-0.4, -0.2) is 48.6 Å². The summed E-state index contributed by atoms with van der Waals surface area (Å²) in [6.45, 7) is 8.84. The lowest BCUT2D eigenvalue weighted by Crippen LogP contribution is -2.28. The molecular formula is C17H27F2N3O2. The molecule has 0 aliphatic rings. The topological polar surface area (TPSA) is 58.4 Å². The summed E-state index contributed by atoms with van der Waals surface area (Å²) in [6.07, 6.45) is -2.23. The van der Waals surface area contributed by atoms with E-state index in [-0.39, 0.29) is 23.4 Å². The van der Waals surface area contributed by atoms with Crippen LogP contribution in [-0.2, 0) is 4.74 Å². The molecule has 0 saturated heterocycles. The maximum absolute atomic E-state index is 13.4. The van der Waals surface area contributed by atoms with Gasteiger partial charge in [-0.15, -0.1) is 0 Å². The van der Waals surface area contributed by atoms with Gasteiger partial charge in [-0.2, -0.15) is 0 Å². The normalized spacial score (nSPS) is 12.3. The SMILES string of the molecule is CCCOCC(C)Oc1nc(C)c(C(=N)N(C)CC)cc1C(F)F. The number of hydrogen-bond acceptors (Lipinski definition) is 4. The molecular weight excluding hydrogens is 316 g/mol. The number of ether oxygens (including phenoxy) is 2. The van der Waals surface area contributed by atoms with E-state index in [1.807, 2.05) is 13.8 Å². The van der Waals surface area contributed by atoms with E-state index < -0.39 is 6.43 Å². The maximum Gasteiger partial charge on any atom is 0.269 e. The smallest absolute Gasteiger partial charge is 0.269 e. The first kappa shape index (κ1) is 20.3. The van der Waals surface area contributed by atoms with E-state index in [1.54, 1.807) is 25.8 Å². The Balaban J connectivity index is 3.05. The van der Waals surface area contributed by atoms with Gasteiger partial charge in [0.15, 0.2) is 0 Å². The maximum atomic E-state index is 13.4. The second-order valence-corrected chi connectivity index (χ2v) is 5.68. The predicted molar refractivity (Wildman–Crippen MR) is 90.3 cm³/mol. The average Bonchev–Trinajstić information content (AvgIpc) is 2.53. The van der Waals surface area contributed by atoms with Crippen LogP contribution in [0.2, 0.25) is 0 Å². The highest BCUT2D eigenvalue weighted by molar-refractivity contribution is 5.97. The summed E-state index contributed by atoms with van der Waals surface area (Å²) < 4.78 is 37.7. The Morgan fingerprint density at radius 3 is 2.58 bits per heavy atom. The largest absolute Gasteiger partial charge is 0.472 e. The molecule has 0 aromatic carbocycles. The van der Waals surface area contributed by atoms with E-state index in [0.717, 1.165) is 6.42 Å². The monoisotopic (exact) mass is 343 g/mol. The molecule has 0 aliphatic heterocycles. The summed E-state index contributed by atoms with van der Waals surface area (Å²) in [5.41, 5.74) is 0.574. The van der Waals surface area contributed by atoms with Crippen LogP contribution in [0.4, 0.5) is 8.78 Å². The minimum Gasteiger partial charge on any atom is -0.472 e. The molecule has 0 radical (unpaired) electrons. The van der Waals surface area contributed by atoms with Crippen molar-refractivity contribution < 1.29 is 18.3 Å². The van der Waals surface area contributed by atoms with Gasteiger partial charge in [0.25, 0.3) is 6.43 Å². The molecule has 5 nitrogen and oxygen atoms in total. The molecule has 1 heterocycles. The second-order valence-electron chi connectivity index (χ2n) is 5.68. The Labute approximate surface area is 142 Å². The fourth-order valence-corrected chi connectivity index (χ4v) is 2.07. The molecule has 1 unspecified atom stereocenters. The minimum absolute atomic E-state index is 0.0919. The molecule has 0 fully saturated rings. The Kier molecular flexibility index (Phi) is 8.04. The van der Waals surface area contributed by atoms with Gasteiger partial charge < -0.3 is 14.4 Å². The highest BCUT2D eigenvalue weighted by Gasteiger charge is 2.22. The number of nitrogens with zero attached hydrogens (tertiary/aromatic N) is 2. The van der Waals surface area contributed by atoms with Gasteiger partial charge in [-0.05, 0) is 33.3 Å². The Bertz CT molecular complexity index is 553. The molecule has 0 spiro atoms. The lowest BCUT2D eigenvalue weighted by molar-refractivity contribution is 0.0531. The van der Waals surface area contributed by atoms with E-state index in [9.17, 15) is 8.78 Å². The van der Waals surface area contributed by atoms with E-state index >= 15 is 0 Å². The van der Waals surface area contributed by atoms with Crippen molar-refractivity contribution >= 4 is 5.84 Å². The number of amidine groups is 1. The van der Waals surface area contributed by atoms with Crippen molar-refractivity contribution in [3.05, 3.63) is 22.9 Å².